The molecule has 0 spiro atoms. The third-order valence-electron chi connectivity index (χ3n) is 2.81. The molecule has 0 aliphatic carbocycles. The number of rotatable bonds is 4. The molecule has 0 bridgehead atoms. The molecule has 2 rings (SSSR count). The molecule has 0 aliphatic heterocycles. The van der Waals surface area contributed by atoms with E-state index in [1.165, 1.54) is 6.33 Å². The standard InChI is InChI=1S/C14H13BrN2O2/c1-9-5-13(17-8-16-9)12(14(18)19)7-10-3-2-4-11(15)6-10/h2-6,8,12H,7H2,1H3,(H,18,19). The number of aryl methyl sites for hydroxylation is 1. The molecule has 1 unspecified atom stereocenters. The van der Waals surface area contributed by atoms with E-state index in [2.05, 4.69) is 25.9 Å². The first-order chi connectivity index (χ1) is 9.06. The Hall–Kier alpha value is -1.75. The van der Waals surface area contributed by atoms with Gasteiger partial charge in [0.25, 0.3) is 0 Å². The topological polar surface area (TPSA) is 63.1 Å². The molecule has 1 aromatic carbocycles. The van der Waals surface area contributed by atoms with Crippen molar-refractivity contribution in [1.82, 2.24) is 9.97 Å². The molecule has 1 heterocycles. The number of hydrogen-bond donors (Lipinski definition) is 1. The Bertz CT molecular complexity index is 602. The van der Waals surface area contributed by atoms with Crippen molar-refractivity contribution in [2.75, 3.05) is 0 Å². The van der Waals surface area contributed by atoms with Gasteiger partial charge in [-0.1, -0.05) is 28.1 Å². The average Bonchev–Trinajstić information content (AvgIpc) is 2.35. The summed E-state index contributed by atoms with van der Waals surface area (Å²) >= 11 is 3.38. The number of benzene rings is 1. The highest BCUT2D eigenvalue weighted by Crippen LogP contribution is 2.21. The fraction of sp³-hybridized carbons (Fsp3) is 0.214. The lowest BCUT2D eigenvalue weighted by Crippen LogP contribution is -2.16. The predicted octanol–water partition coefficient (Wildman–Crippen LogP) is 2.96. The summed E-state index contributed by atoms with van der Waals surface area (Å²) in [6.07, 6.45) is 1.81. The van der Waals surface area contributed by atoms with Crippen molar-refractivity contribution >= 4 is 21.9 Å². The molecule has 4 nitrogen and oxygen atoms in total. The summed E-state index contributed by atoms with van der Waals surface area (Å²) in [5.74, 6) is -1.53. The van der Waals surface area contributed by atoms with Gasteiger partial charge in [0.2, 0.25) is 0 Å². The van der Waals surface area contributed by atoms with Gasteiger partial charge in [-0.3, -0.25) is 4.79 Å². The highest BCUT2D eigenvalue weighted by molar-refractivity contribution is 9.10. The molecular formula is C14H13BrN2O2. The number of carbonyl (C=O) groups is 1. The van der Waals surface area contributed by atoms with Crippen LogP contribution < -0.4 is 0 Å². The van der Waals surface area contributed by atoms with Crippen molar-refractivity contribution in [1.29, 1.82) is 0 Å². The van der Waals surface area contributed by atoms with Gasteiger partial charge in [0.15, 0.2) is 0 Å². The van der Waals surface area contributed by atoms with Gasteiger partial charge in [0, 0.05) is 10.2 Å². The van der Waals surface area contributed by atoms with Gasteiger partial charge in [0.05, 0.1) is 5.69 Å². The fourth-order valence-electron chi connectivity index (χ4n) is 1.88. The number of aliphatic carboxylic acids is 1. The predicted molar refractivity (Wildman–Crippen MR) is 75.0 cm³/mol. The zero-order valence-electron chi connectivity index (χ0n) is 10.4. The third-order valence-corrected chi connectivity index (χ3v) is 3.30. The van der Waals surface area contributed by atoms with Gasteiger partial charge in [-0.2, -0.15) is 0 Å². The van der Waals surface area contributed by atoms with Gasteiger partial charge in [0.1, 0.15) is 12.2 Å². The van der Waals surface area contributed by atoms with Crippen LogP contribution >= 0.6 is 15.9 Å². The zero-order valence-corrected chi connectivity index (χ0v) is 12.0. The van der Waals surface area contributed by atoms with Gasteiger partial charge in [-0.15, -0.1) is 0 Å². The molecule has 2 aromatic rings. The lowest BCUT2D eigenvalue weighted by atomic mass is 9.96. The van der Waals surface area contributed by atoms with Crippen LogP contribution in [0.15, 0.2) is 41.1 Å². The number of halogens is 1. The minimum Gasteiger partial charge on any atom is -0.481 e. The highest BCUT2D eigenvalue weighted by atomic mass is 79.9. The molecule has 1 atom stereocenters. The van der Waals surface area contributed by atoms with Crippen molar-refractivity contribution < 1.29 is 9.90 Å². The van der Waals surface area contributed by atoms with Crippen molar-refractivity contribution in [2.24, 2.45) is 0 Å². The van der Waals surface area contributed by atoms with Crippen LogP contribution in [0.4, 0.5) is 0 Å². The van der Waals surface area contributed by atoms with Gasteiger partial charge in [-0.05, 0) is 37.1 Å². The molecule has 1 N–H and O–H groups in total. The van der Waals surface area contributed by atoms with E-state index < -0.39 is 11.9 Å². The molecule has 0 amide bonds. The molecule has 98 valence electrons. The lowest BCUT2D eigenvalue weighted by molar-refractivity contribution is -0.138. The smallest absolute Gasteiger partial charge is 0.312 e. The van der Waals surface area contributed by atoms with Crippen molar-refractivity contribution in [3.63, 3.8) is 0 Å². The summed E-state index contributed by atoms with van der Waals surface area (Å²) in [7, 11) is 0. The van der Waals surface area contributed by atoms with Crippen molar-refractivity contribution in [2.45, 2.75) is 19.3 Å². The zero-order chi connectivity index (χ0) is 13.8. The fourth-order valence-corrected chi connectivity index (χ4v) is 2.33. The maximum absolute atomic E-state index is 11.4. The van der Waals surface area contributed by atoms with E-state index in [0.717, 1.165) is 15.7 Å². The van der Waals surface area contributed by atoms with Gasteiger partial charge >= 0.3 is 5.97 Å². The lowest BCUT2D eigenvalue weighted by Gasteiger charge is -2.12. The van der Waals surface area contributed by atoms with E-state index in [1.54, 1.807) is 6.07 Å². The van der Waals surface area contributed by atoms with E-state index in [9.17, 15) is 9.90 Å². The summed E-state index contributed by atoms with van der Waals surface area (Å²) < 4.78 is 0.938. The molecule has 1 aromatic heterocycles. The molecule has 5 heteroatoms. The quantitative estimate of drug-likeness (QED) is 0.940. The van der Waals surface area contributed by atoms with Crippen LogP contribution in [0, 0.1) is 6.92 Å². The minimum atomic E-state index is -0.877. The normalized spacial score (nSPS) is 12.1. The van der Waals surface area contributed by atoms with E-state index in [0.29, 0.717) is 12.1 Å². The first-order valence-electron chi connectivity index (χ1n) is 5.82. The van der Waals surface area contributed by atoms with Crippen LogP contribution in [0.1, 0.15) is 22.9 Å². The Morgan fingerprint density at radius 2 is 2.16 bits per heavy atom. The second-order valence-electron chi connectivity index (χ2n) is 4.31. The summed E-state index contributed by atoms with van der Waals surface area (Å²) in [5.41, 5.74) is 2.27. The summed E-state index contributed by atoms with van der Waals surface area (Å²) in [5, 5.41) is 9.38. The first kappa shape index (κ1) is 13.7. The Morgan fingerprint density at radius 3 is 2.79 bits per heavy atom. The number of nitrogens with zero attached hydrogens (tertiary/aromatic N) is 2. The second-order valence-corrected chi connectivity index (χ2v) is 5.22. The molecular weight excluding hydrogens is 308 g/mol. The van der Waals surface area contributed by atoms with E-state index in [4.69, 9.17) is 0 Å². The molecule has 0 saturated heterocycles. The Morgan fingerprint density at radius 1 is 1.37 bits per heavy atom. The summed E-state index contributed by atoms with van der Waals surface area (Å²) in [6.45, 7) is 1.82. The molecule has 19 heavy (non-hydrogen) atoms. The van der Waals surface area contributed by atoms with Crippen LogP contribution in [-0.2, 0) is 11.2 Å². The van der Waals surface area contributed by atoms with E-state index in [1.807, 2.05) is 31.2 Å². The first-order valence-corrected chi connectivity index (χ1v) is 6.61. The molecule has 0 aliphatic rings. The van der Waals surface area contributed by atoms with E-state index >= 15 is 0 Å². The van der Waals surface area contributed by atoms with Crippen LogP contribution in [0.2, 0.25) is 0 Å². The van der Waals surface area contributed by atoms with Gasteiger partial charge in [-0.25, -0.2) is 9.97 Å². The van der Waals surface area contributed by atoms with Crippen molar-refractivity contribution in [3.05, 3.63) is 58.1 Å². The van der Waals surface area contributed by atoms with E-state index in [-0.39, 0.29) is 0 Å². The van der Waals surface area contributed by atoms with Crippen LogP contribution in [-0.4, -0.2) is 21.0 Å². The number of hydrogen-bond acceptors (Lipinski definition) is 3. The van der Waals surface area contributed by atoms with Crippen LogP contribution in [0.5, 0.6) is 0 Å². The number of carboxylic acids is 1. The number of aromatic nitrogens is 2. The average molecular weight is 321 g/mol. The molecule has 0 radical (unpaired) electrons. The largest absolute Gasteiger partial charge is 0.481 e. The highest BCUT2D eigenvalue weighted by Gasteiger charge is 2.22. The Labute approximate surface area is 119 Å². The molecule has 0 fully saturated rings. The maximum atomic E-state index is 11.4. The van der Waals surface area contributed by atoms with Crippen molar-refractivity contribution in [3.8, 4) is 0 Å². The van der Waals surface area contributed by atoms with Gasteiger partial charge < -0.3 is 5.11 Å². The Kier molecular flexibility index (Phi) is 4.27. The second kappa shape index (κ2) is 5.93. The third kappa shape index (κ3) is 3.61. The summed E-state index contributed by atoms with van der Waals surface area (Å²) in [4.78, 5) is 19.5. The molecule has 0 saturated carbocycles. The van der Waals surface area contributed by atoms with Crippen LogP contribution in [0.25, 0.3) is 0 Å². The van der Waals surface area contributed by atoms with Crippen LogP contribution in [0.3, 0.4) is 0 Å². The summed E-state index contributed by atoms with van der Waals surface area (Å²) in [6, 6.07) is 9.35. The SMILES string of the molecule is Cc1cc(C(Cc2cccc(Br)c2)C(=O)O)ncn1. The number of carboxylic acid groups (broad SMARTS) is 1. The monoisotopic (exact) mass is 320 g/mol. The maximum Gasteiger partial charge on any atom is 0.312 e. The Balaban J connectivity index is 2.29. The minimum absolute atomic E-state index is 0.408.